The maximum atomic E-state index is 10.6. The average molecular weight is 309 g/mol. The molecule has 6 nitrogen and oxygen atoms in total. The lowest BCUT2D eigenvalue weighted by Crippen LogP contribution is -2.12. The first-order valence-corrected chi connectivity index (χ1v) is 6.26. The summed E-state index contributed by atoms with van der Waals surface area (Å²) in [7, 11) is 1.60. The van der Waals surface area contributed by atoms with E-state index < -0.39 is 4.92 Å². The third kappa shape index (κ3) is 5.20. The van der Waals surface area contributed by atoms with Crippen molar-refractivity contribution in [1.29, 1.82) is 0 Å². The molecule has 1 rings (SSSR count). The largest absolute Gasteiger partial charge is 0.382 e. The van der Waals surface area contributed by atoms with Gasteiger partial charge < -0.3 is 14.8 Å². The Labute approximate surface area is 120 Å². The lowest BCUT2D eigenvalue weighted by Gasteiger charge is -2.10. The molecule has 19 heavy (non-hydrogen) atoms. The maximum absolute atomic E-state index is 10.6. The smallest absolute Gasteiger partial charge is 0.272 e. The lowest BCUT2D eigenvalue weighted by atomic mass is 10.3. The van der Waals surface area contributed by atoms with Gasteiger partial charge in [-0.2, -0.15) is 0 Å². The van der Waals surface area contributed by atoms with Gasteiger partial charge in [0.05, 0.1) is 40.5 Å². The Balaban J connectivity index is 2.52. The quantitative estimate of drug-likeness (QED) is 0.454. The summed E-state index contributed by atoms with van der Waals surface area (Å²) in [4.78, 5) is 10.1. The first kappa shape index (κ1) is 16.0. The van der Waals surface area contributed by atoms with Crippen molar-refractivity contribution in [3.63, 3.8) is 0 Å². The summed E-state index contributed by atoms with van der Waals surface area (Å²) in [5.74, 6) is 0. The van der Waals surface area contributed by atoms with Gasteiger partial charge >= 0.3 is 0 Å². The topological polar surface area (TPSA) is 73.6 Å². The van der Waals surface area contributed by atoms with Gasteiger partial charge in [0.25, 0.3) is 5.69 Å². The van der Waals surface area contributed by atoms with Crippen LogP contribution in [0.25, 0.3) is 0 Å². The highest BCUT2D eigenvalue weighted by molar-refractivity contribution is 6.39. The average Bonchev–Trinajstić information content (AvgIpc) is 2.35. The van der Waals surface area contributed by atoms with E-state index in [1.807, 2.05) is 0 Å². The van der Waals surface area contributed by atoms with E-state index >= 15 is 0 Å². The molecule has 106 valence electrons. The zero-order chi connectivity index (χ0) is 14.3. The number of rotatable bonds is 8. The molecule has 0 unspecified atom stereocenters. The molecule has 0 fully saturated rings. The van der Waals surface area contributed by atoms with Crippen LogP contribution in [0, 0.1) is 10.1 Å². The maximum Gasteiger partial charge on any atom is 0.272 e. The summed E-state index contributed by atoms with van der Waals surface area (Å²) in [6.07, 6.45) is 0. The molecule has 0 amide bonds. The number of nitrogens with zero attached hydrogens (tertiary/aromatic N) is 1. The fourth-order valence-electron chi connectivity index (χ4n) is 1.33. The van der Waals surface area contributed by atoms with Crippen LogP contribution in [-0.2, 0) is 9.47 Å². The van der Waals surface area contributed by atoms with Gasteiger partial charge in [-0.05, 0) is 0 Å². The van der Waals surface area contributed by atoms with Crippen LogP contribution >= 0.6 is 23.2 Å². The van der Waals surface area contributed by atoms with Crippen LogP contribution in [0.2, 0.25) is 10.0 Å². The van der Waals surface area contributed by atoms with Gasteiger partial charge in [-0.1, -0.05) is 23.2 Å². The van der Waals surface area contributed by atoms with E-state index in [9.17, 15) is 10.1 Å². The Hall–Kier alpha value is -1.08. The number of hydrogen-bond acceptors (Lipinski definition) is 5. The molecular formula is C11H14Cl2N2O4. The summed E-state index contributed by atoms with van der Waals surface area (Å²) in [6, 6.07) is 2.50. The molecule has 0 radical (unpaired) electrons. The minimum atomic E-state index is -0.546. The fourth-order valence-corrected chi connectivity index (χ4v) is 1.94. The Morgan fingerprint density at radius 1 is 1.26 bits per heavy atom. The summed E-state index contributed by atoms with van der Waals surface area (Å²) in [5.41, 5.74) is 0.321. The molecule has 1 N–H and O–H groups in total. The van der Waals surface area contributed by atoms with Crippen molar-refractivity contribution in [2.45, 2.75) is 0 Å². The first-order chi connectivity index (χ1) is 9.06. The van der Waals surface area contributed by atoms with Gasteiger partial charge in [0.2, 0.25) is 0 Å². The number of ether oxygens (including phenoxy) is 2. The predicted molar refractivity (Wildman–Crippen MR) is 74.3 cm³/mol. The van der Waals surface area contributed by atoms with E-state index in [2.05, 4.69) is 5.32 Å². The molecule has 1 aromatic carbocycles. The third-order valence-corrected chi connectivity index (χ3v) is 2.81. The van der Waals surface area contributed by atoms with Crippen LogP contribution in [0.3, 0.4) is 0 Å². The second-order valence-electron chi connectivity index (χ2n) is 3.57. The van der Waals surface area contributed by atoms with Crippen molar-refractivity contribution >= 4 is 34.6 Å². The van der Waals surface area contributed by atoms with Crippen molar-refractivity contribution in [3.05, 3.63) is 32.3 Å². The van der Waals surface area contributed by atoms with E-state index in [1.54, 1.807) is 7.11 Å². The van der Waals surface area contributed by atoms with Crippen molar-refractivity contribution < 1.29 is 14.4 Å². The van der Waals surface area contributed by atoms with Crippen LogP contribution in [0.15, 0.2) is 12.1 Å². The number of halogens is 2. The molecule has 0 spiro atoms. The van der Waals surface area contributed by atoms with Crippen LogP contribution < -0.4 is 5.32 Å². The normalized spacial score (nSPS) is 10.5. The standard InChI is InChI=1S/C11H14Cl2N2O4/c1-18-4-5-19-3-2-14-11-9(12)6-8(15(16)17)7-10(11)13/h6-7,14H,2-5H2,1H3. The van der Waals surface area contributed by atoms with Crippen molar-refractivity contribution in [2.24, 2.45) is 0 Å². The molecule has 0 aromatic heterocycles. The van der Waals surface area contributed by atoms with Gasteiger partial charge in [0, 0.05) is 25.8 Å². The second-order valence-corrected chi connectivity index (χ2v) is 4.39. The molecule has 0 aliphatic rings. The van der Waals surface area contributed by atoms with E-state index in [1.165, 1.54) is 12.1 Å². The van der Waals surface area contributed by atoms with Gasteiger partial charge in [-0.25, -0.2) is 0 Å². The summed E-state index contributed by atoms with van der Waals surface area (Å²) in [5, 5.41) is 14.0. The molecule has 0 saturated heterocycles. The number of anilines is 1. The Morgan fingerprint density at radius 2 is 1.89 bits per heavy atom. The highest BCUT2D eigenvalue weighted by Gasteiger charge is 2.14. The Kier molecular flexibility index (Phi) is 6.86. The number of benzene rings is 1. The van der Waals surface area contributed by atoms with Crippen LogP contribution in [0.4, 0.5) is 11.4 Å². The predicted octanol–water partition coefficient (Wildman–Crippen LogP) is 2.98. The summed E-state index contributed by atoms with van der Waals surface area (Å²) in [6.45, 7) is 1.97. The van der Waals surface area contributed by atoms with Gasteiger partial charge in [-0.15, -0.1) is 0 Å². The lowest BCUT2D eigenvalue weighted by molar-refractivity contribution is -0.384. The van der Waals surface area contributed by atoms with E-state index in [0.717, 1.165) is 0 Å². The molecule has 0 aliphatic carbocycles. The number of nitro benzene ring substituents is 1. The molecule has 0 atom stereocenters. The van der Waals surface area contributed by atoms with E-state index in [-0.39, 0.29) is 15.7 Å². The fraction of sp³-hybridized carbons (Fsp3) is 0.455. The van der Waals surface area contributed by atoms with Gasteiger partial charge in [0.1, 0.15) is 0 Å². The minimum absolute atomic E-state index is 0.142. The van der Waals surface area contributed by atoms with Crippen molar-refractivity contribution in [3.8, 4) is 0 Å². The molecule has 0 bridgehead atoms. The van der Waals surface area contributed by atoms with Gasteiger partial charge in [0.15, 0.2) is 0 Å². The molecule has 8 heteroatoms. The minimum Gasteiger partial charge on any atom is -0.382 e. The number of nitrogens with one attached hydrogen (secondary N) is 1. The molecular weight excluding hydrogens is 295 g/mol. The Morgan fingerprint density at radius 3 is 2.42 bits per heavy atom. The SMILES string of the molecule is COCCOCCNc1c(Cl)cc([N+](=O)[O-])cc1Cl. The number of hydrogen-bond donors (Lipinski definition) is 1. The molecule has 1 aromatic rings. The Bertz CT molecular complexity index is 420. The van der Waals surface area contributed by atoms with Crippen LogP contribution in [-0.4, -0.2) is 38.4 Å². The van der Waals surface area contributed by atoms with E-state index in [4.69, 9.17) is 32.7 Å². The first-order valence-electron chi connectivity index (χ1n) is 5.50. The number of methoxy groups -OCH3 is 1. The summed E-state index contributed by atoms with van der Waals surface area (Å²) >= 11 is 11.9. The highest BCUT2D eigenvalue weighted by Crippen LogP contribution is 2.34. The zero-order valence-corrected chi connectivity index (χ0v) is 11.8. The molecule has 0 aliphatic heterocycles. The van der Waals surface area contributed by atoms with Crippen LogP contribution in [0.1, 0.15) is 0 Å². The van der Waals surface area contributed by atoms with Crippen molar-refractivity contribution in [1.82, 2.24) is 0 Å². The van der Waals surface area contributed by atoms with Crippen LogP contribution in [0.5, 0.6) is 0 Å². The number of nitro groups is 1. The zero-order valence-electron chi connectivity index (χ0n) is 10.3. The second kappa shape index (κ2) is 8.16. The third-order valence-electron chi connectivity index (χ3n) is 2.22. The van der Waals surface area contributed by atoms with Gasteiger partial charge in [-0.3, -0.25) is 10.1 Å². The monoisotopic (exact) mass is 308 g/mol. The number of non-ortho nitro benzene ring substituents is 1. The molecule has 0 heterocycles. The molecule has 0 saturated carbocycles. The highest BCUT2D eigenvalue weighted by atomic mass is 35.5. The van der Waals surface area contributed by atoms with E-state index in [0.29, 0.717) is 32.1 Å². The summed E-state index contributed by atoms with van der Waals surface area (Å²) < 4.78 is 10.1. The van der Waals surface area contributed by atoms with Crippen molar-refractivity contribution in [2.75, 3.05) is 38.8 Å².